The van der Waals surface area contributed by atoms with Crippen molar-refractivity contribution in [1.82, 2.24) is 0 Å². The topological polar surface area (TPSA) is 37.3 Å². The van der Waals surface area contributed by atoms with E-state index in [-0.39, 0.29) is 30.1 Å². The molecular weight excluding hydrogens is 334 g/mol. The summed E-state index contributed by atoms with van der Waals surface area (Å²) >= 11 is 0. The van der Waals surface area contributed by atoms with Crippen molar-refractivity contribution < 1.29 is 18.7 Å². The quantitative estimate of drug-likeness (QED) is 0.740. The average Bonchev–Trinajstić information content (AvgIpc) is 2.97. The molecule has 26 heavy (non-hydrogen) atoms. The summed E-state index contributed by atoms with van der Waals surface area (Å²) in [6.07, 6.45) is 5.93. The number of halogens is 2. The first-order valence-electron chi connectivity index (χ1n) is 10.8. The fourth-order valence-corrected chi connectivity index (χ4v) is 7.88. The van der Waals surface area contributed by atoms with Gasteiger partial charge in [0.15, 0.2) is 0 Å². The van der Waals surface area contributed by atoms with Crippen LogP contribution in [-0.4, -0.2) is 22.9 Å². The minimum atomic E-state index is -2.62. The number of alkyl halides is 2. The second kappa shape index (κ2) is 6.53. The van der Waals surface area contributed by atoms with Gasteiger partial charge in [-0.15, -0.1) is 0 Å². The van der Waals surface area contributed by atoms with Crippen LogP contribution in [0, 0.1) is 40.9 Å². The van der Waals surface area contributed by atoms with Crippen LogP contribution in [0.15, 0.2) is 0 Å². The summed E-state index contributed by atoms with van der Waals surface area (Å²) in [6.45, 7) is 4.35. The van der Waals surface area contributed by atoms with Crippen LogP contribution in [0.25, 0.3) is 0 Å². The summed E-state index contributed by atoms with van der Waals surface area (Å²) in [6, 6.07) is 0. The Morgan fingerprint density at radius 2 is 1.77 bits per heavy atom. The van der Waals surface area contributed by atoms with Gasteiger partial charge in [0.05, 0.1) is 0 Å². The van der Waals surface area contributed by atoms with E-state index in [0.717, 1.165) is 38.5 Å². The molecule has 0 saturated heterocycles. The molecule has 4 aliphatic carbocycles. The molecule has 0 unspecified atom stereocenters. The number of hydrogen-bond acceptors (Lipinski definition) is 2. The van der Waals surface area contributed by atoms with Gasteiger partial charge in [0.25, 0.3) is 6.43 Å². The molecule has 4 aliphatic rings. The standard InChI is InChI=1S/C22H34F2O2/c1-3-19(25)18-7-6-17-16-5-4-13-12-22(26,20(23)24)11-9-14(13)15(16)8-10-21(17,18)2/h13-18,20,26H,3-12H2,1-2H3/t13-,14-,15+,16+,17-,18+,21-,22+/m0/s1. The van der Waals surface area contributed by atoms with Crippen LogP contribution in [-0.2, 0) is 4.79 Å². The van der Waals surface area contributed by atoms with E-state index in [9.17, 15) is 18.7 Å². The first kappa shape index (κ1) is 18.8. The largest absolute Gasteiger partial charge is 0.384 e. The predicted molar refractivity (Wildman–Crippen MR) is 96.9 cm³/mol. The highest BCUT2D eigenvalue weighted by Gasteiger charge is 2.59. The van der Waals surface area contributed by atoms with Crippen LogP contribution in [0.4, 0.5) is 8.78 Å². The summed E-state index contributed by atoms with van der Waals surface area (Å²) in [5, 5.41) is 10.3. The minimum Gasteiger partial charge on any atom is -0.384 e. The van der Waals surface area contributed by atoms with Gasteiger partial charge in [0.2, 0.25) is 0 Å². The zero-order chi connectivity index (χ0) is 18.7. The van der Waals surface area contributed by atoms with Gasteiger partial charge in [0, 0.05) is 12.3 Å². The monoisotopic (exact) mass is 368 g/mol. The maximum absolute atomic E-state index is 13.3. The fourth-order valence-electron chi connectivity index (χ4n) is 7.88. The average molecular weight is 369 g/mol. The van der Waals surface area contributed by atoms with E-state index in [2.05, 4.69) is 6.92 Å². The molecule has 0 aromatic heterocycles. The Balaban J connectivity index is 1.52. The predicted octanol–water partition coefficient (Wildman–Crippen LogP) is 5.23. The molecule has 2 nitrogen and oxygen atoms in total. The van der Waals surface area contributed by atoms with Crippen LogP contribution in [0.1, 0.15) is 78.1 Å². The highest BCUT2D eigenvalue weighted by molar-refractivity contribution is 5.81. The number of aliphatic hydroxyl groups is 1. The summed E-state index contributed by atoms with van der Waals surface area (Å²) < 4.78 is 26.6. The van der Waals surface area contributed by atoms with Gasteiger partial charge < -0.3 is 5.11 Å². The van der Waals surface area contributed by atoms with Crippen LogP contribution < -0.4 is 0 Å². The molecule has 8 atom stereocenters. The Kier molecular flexibility index (Phi) is 4.73. The second-order valence-corrected chi connectivity index (χ2v) is 10.1. The Morgan fingerprint density at radius 3 is 2.46 bits per heavy atom. The maximum atomic E-state index is 13.3. The van der Waals surface area contributed by atoms with Crippen molar-refractivity contribution in [3.63, 3.8) is 0 Å². The van der Waals surface area contributed by atoms with Gasteiger partial charge in [-0.1, -0.05) is 13.8 Å². The van der Waals surface area contributed by atoms with Gasteiger partial charge >= 0.3 is 0 Å². The maximum Gasteiger partial charge on any atom is 0.266 e. The number of fused-ring (bicyclic) bond motifs is 5. The molecule has 0 heterocycles. The van der Waals surface area contributed by atoms with Crippen molar-refractivity contribution >= 4 is 5.78 Å². The molecule has 1 N–H and O–H groups in total. The van der Waals surface area contributed by atoms with Crippen LogP contribution in [0.2, 0.25) is 0 Å². The van der Waals surface area contributed by atoms with Crippen molar-refractivity contribution in [1.29, 1.82) is 0 Å². The van der Waals surface area contributed by atoms with Crippen molar-refractivity contribution in [2.45, 2.75) is 90.1 Å². The zero-order valence-electron chi connectivity index (χ0n) is 16.2. The van der Waals surface area contributed by atoms with Crippen molar-refractivity contribution in [2.24, 2.45) is 40.9 Å². The Hall–Kier alpha value is -0.510. The number of carbonyl (C=O) groups excluding carboxylic acids is 1. The van der Waals surface area contributed by atoms with E-state index < -0.39 is 12.0 Å². The summed E-state index contributed by atoms with van der Waals surface area (Å²) in [5.74, 6) is 3.40. The van der Waals surface area contributed by atoms with E-state index in [1.165, 1.54) is 6.42 Å². The zero-order valence-corrected chi connectivity index (χ0v) is 16.2. The lowest BCUT2D eigenvalue weighted by atomic mass is 9.49. The Labute approximate surface area is 156 Å². The first-order valence-corrected chi connectivity index (χ1v) is 10.8. The Morgan fingerprint density at radius 1 is 1.04 bits per heavy atom. The van der Waals surface area contributed by atoms with E-state index in [1.807, 2.05) is 6.92 Å². The molecular formula is C22H34F2O2. The molecule has 0 aromatic rings. The first-order chi connectivity index (χ1) is 12.3. The van der Waals surface area contributed by atoms with E-state index in [4.69, 9.17) is 0 Å². The lowest BCUT2D eigenvalue weighted by molar-refractivity contribution is -0.160. The van der Waals surface area contributed by atoms with Crippen LogP contribution in [0.5, 0.6) is 0 Å². The van der Waals surface area contributed by atoms with Crippen molar-refractivity contribution in [3.8, 4) is 0 Å². The molecule has 4 saturated carbocycles. The highest BCUT2D eigenvalue weighted by Crippen LogP contribution is 2.65. The van der Waals surface area contributed by atoms with E-state index in [1.54, 1.807) is 0 Å². The normalized spacial score (nSPS) is 50.8. The Bertz CT molecular complexity index is 564. The lowest BCUT2D eigenvalue weighted by Gasteiger charge is -2.57. The number of rotatable bonds is 3. The number of hydrogen-bond donors (Lipinski definition) is 1. The molecule has 0 radical (unpaired) electrons. The van der Waals surface area contributed by atoms with Gasteiger partial charge in [-0.05, 0) is 92.8 Å². The molecule has 0 amide bonds. The van der Waals surface area contributed by atoms with E-state index in [0.29, 0.717) is 35.9 Å². The molecule has 0 spiro atoms. The molecule has 4 heteroatoms. The fraction of sp³-hybridized carbons (Fsp3) is 0.955. The number of carbonyl (C=O) groups is 1. The molecule has 0 aromatic carbocycles. The number of ketones is 1. The molecule has 4 rings (SSSR count). The molecule has 148 valence electrons. The van der Waals surface area contributed by atoms with Gasteiger partial charge in [0.1, 0.15) is 11.4 Å². The van der Waals surface area contributed by atoms with Gasteiger partial charge in [-0.25, -0.2) is 8.78 Å². The van der Waals surface area contributed by atoms with Crippen LogP contribution in [0.3, 0.4) is 0 Å². The third-order valence-corrected chi connectivity index (χ3v) is 9.19. The van der Waals surface area contributed by atoms with Crippen molar-refractivity contribution in [3.05, 3.63) is 0 Å². The third kappa shape index (κ3) is 2.69. The molecule has 4 fully saturated rings. The van der Waals surface area contributed by atoms with Gasteiger partial charge in [-0.3, -0.25) is 4.79 Å². The second-order valence-electron chi connectivity index (χ2n) is 10.1. The van der Waals surface area contributed by atoms with Crippen molar-refractivity contribution in [2.75, 3.05) is 0 Å². The smallest absolute Gasteiger partial charge is 0.266 e. The SMILES string of the molecule is CCC(=O)[C@H]1CC[C@H]2[C@@H]3CC[C@H]4C[C@@](O)(C(F)F)CC[C@@H]4[C@H]3CC[C@]12C. The highest BCUT2D eigenvalue weighted by atomic mass is 19.3. The summed E-state index contributed by atoms with van der Waals surface area (Å²) in [4.78, 5) is 12.5. The lowest BCUT2D eigenvalue weighted by Crippen LogP contribution is -2.53. The van der Waals surface area contributed by atoms with Gasteiger partial charge in [-0.2, -0.15) is 0 Å². The minimum absolute atomic E-state index is 0.166. The number of Topliss-reactive ketones (excluding diaryl/α,β-unsaturated/α-hetero) is 1. The molecule has 0 aliphatic heterocycles. The molecule has 0 bridgehead atoms. The summed E-state index contributed by atoms with van der Waals surface area (Å²) in [5.41, 5.74) is -1.58. The third-order valence-electron chi connectivity index (χ3n) is 9.19. The van der Waals surface area contributed by atoms with E-state index >= 15 is 0 Å². The van der Waals surface area contributed by atoms with Crippen LogP contribution >= 0.6 is 0 Å². The summed E-state index contributed by atoms with van der Waals surface area (Å²) in [7, 11) is 0.